The molecule has 0 radical (unpaired) electrons. The van der Waals surface area contributed by atoms with E-state index in [4.69, 9.17) is 45.3 Å². The molecule has 6 atom stereocenters. The molecule has 4 spiro atoms. The Labute approximate surface area is 674 Å². The largest absolute Gasteiger partial charge is 0.365 e. The maximum absolute atomic E-state index is 12.3. The molecule has 4 saturated heterocycles. The van der Waals surface area contributed by atoms with Crippen molar-refractivity contribution >= 4 is 122 Å². The lowest BCUT2D eigenvalue weighted by atomic mass is 9.78. The smallest absolute Gasteiger partial charge is 0.236 e. The summed E-state index contributed by atoms with van der Waals surface area (Å²) in [4.78, 5) is 82.6. The van der Waals surface area contributed by atoms with Crippen molar-refractivity contribution in [2.45, 2.75) is 166 Å². The minimum Gasteiger partial charge on any atom is -0.365 e. The van der Waals surface area contributed by atoms with Crippen molar-refractivity contribution in [3.63, 3.8) is 0 Å². The van der Waals surface area contributed by atoms with Gasteiger partial charge in [0.15, 0.2) is 17.5 Å². The van der Waals surface area contributed by atoms with Crippen molar-refractivity contribution < 1.29 is 14.4 Å². The van der Waals surface area contributed by atoms with Crippen LogP contribution in [0.4, 0.5) is 69.8 Å². The molecule has 33 nitrogen and oxygen atoms in total. The standard InChI is InChI=1S/C21H30ClN7O.C19H23ClN8O.C19H24N8O.C18H26ClN7/c1-4-18(30)29-9-5-7-21(14-29)8-6-16(10-21)28(3)19-17(22)12-23-20(26-19)25-15-11-24-27(2)13-15;1-27-10-13(8-23-27)24-18-22-9-14(20)17(26-18)25-15-11-28(16(29)4-7-21)12-19(15)5-2-3-6-19;1-26-11-14(10-22-26)23-18-21-9-5-16(25-18)24-15-12-27(17(28)4-8-20)13-19(15)6-2-3-7-19;1-25-11-13(9-22-25)23-17-21-10-15(19)16(24-17)26(2)14-4-6-18(8-14)5-3-7-20-12-18/h11-13,16H,4-10,14H2,1-3H3,(H,23,25,26);8-10,15H,2-6,11-12H2,1H3,(H2,22,24,25,26);5,9-11,15H,2-4,6-7,12-13H2,1H3,(H2,21,23,24,25);9-11,14,20H,3-8,12H2,1-2H3,(H,21,23,24). The number of likely N-dealkylation sites (tertiary alicyclic amines) is 3. The van der Waals surface area contributed by atoms with Gasteiger partial charge in [0.1, 0.15) is 33.7 Å². The van der Waals surface area contributed by atoms with Crippen LogP contribution in [0.15, 0.2) is 80.4 Å². The second kappa shape index (κ2) is 35.9. The van der Waals surface area contributed by atoms with Gasteiger partial charge in [-0.2, -0.15) is 50.9 Å². The van der Waals surface area contributed by atoms with Gasteiger partial charge in [0.05, 0.1) is 90.3 Å². The third-order valence-electron chi connectivity index (χ3n) is 24.0. The zero-order chi connectivity index (χ0) is 79.4. The summed E-state index contributed by atoms with van der Waals surface area (Å²) in [7, 11) is 11.6. The van der Waals surface area contributed by atoms with Gasteiger partial charge in [-0.05, 0) is 113 Å². The lowest BCUT2D eigenvalue weighted by Crippen LogP contribution is -2.45. The van der Waals surface area contributed by atoms with Crippen molar-refractivity contribution in [3.05, 3.63) is 95.5 Å². The third-order valence-corrected chi connectivity index (χ3v) is 24.8. The molecule has 8 aromatic rings. The van der Waals surface area contributed by atoms with Crippen LogP contribution in [0, 0.1) is 44.3 Å². The maximum atomic E-state index is 12.3. The summed E-state index contributed by atoms with van der Waals surface area (Å²) in [6.07, 6.45) is 42.1. The normalized spacial score (nSPS) is 22.4. The van der Waals surface area contributed by atoms with Crippen molar-refractivity contribution in [2.75, 3.05) is 108 Å². The van der Waals surface area contributed by atoms with E-state index in [1.165, 1.54) is 51.4 Å². The van der Waals surface area contributed by atoms with Crippen LogP contribution in [0.25, 0.3) is 0 Å². The molecule has 6 unspecified atom stereocenters. The maximum Gasteiger partial charge on any atom is 0.236 e. The van der Waals surface area contributed by atoms with Gasteiger partial charge < -0.3 is 61.7 Å². The van der Waals surface area contributed by atoms with Gasteiger partial charge in [-0.15, -0.1) is 0 Å². The van der Waals surface area contributed by atoms with Gasteiger partial charge in [0.25, 0.3) is 0 Å². The van der Waals surface area contributed by atoms with Crippen LogP contribution in [-0.4, -0.2) is 202 Å². The van der Waals surface area contributed by atoms with Gasteiger partial charge in [-0.25, -0.2) is 19.9 Å². The third kappa shape index (κ3) is 19.7. The highest BCUT2D eigenvalue weighted by molar-refractivity contribution is 6.33. The Morgan fingerprint density at radius 2 is 0.965 bits per heavy atom. The summed E-state index contributed by atoms with van der Waals surface area (Å²) >= 11 is 19.3. The minimum atomic E-state index is -0.115. The Hall–Kier alpha value is -10.2. The number of amides is 3. The summed E-state index contributed by atoms with van der Waals surface area (Å²) in [6, 6.07) is 6.75. The molecular formula is C77H103Cl3N30O3. The lowest BCUT2D eigenvalue weighted by molar-refractivity contribution is -0.134. The Kier molecular flexibility index (Phi) is 25.6. The van der Waals surface area contributed by atoms with Crippen LogP contribution < -0.4 is 47.0 Å². The molecule has 4 aliphatic heterocycles. The van der Waals surface area contributed by atoms with E-state index in [2.05, 4.69) is 126 Å². The number of carbonyl (C=O) groups is 3. The highest BCUT2D eigenvalue weighted by atomic mass is 35.5. The van der Waals surface area contributed by atoms with Crippen LogP contribution >= 0.6 is 34.8 Å². The Morgan fingerprint density at radius 3 is 1.42 bits per heavy atom. The van der Waals surface area contributed by atoms with Crippen LogP contribution in [0.3, 0.4) is 0 Å². The fourth-order valence-electron chi connectivity index (χ4n) is 18.2. The Bertz CT molecular complexity index is 4690. The first-order valence-corrected chi connectivity index (χ1v) is 40.3. The van der Waals surface area contributed by atoms with E-state index in [9.17, 15) is 14.4 Å². The van der Waals surface area contributed by atoms with Crippen molar-refractivity contribution in [3.8, 4) is 12.1 Å². The fraction of sp³-hybridized carbons (Fsp3) is 0.571. The predicted octanol–water partition coefficient (Wildman–Crippen LogP) is 11.3. The zero-order valence-electron chi connectivity index (χ0n) is 65.5. The van der Waals surface area contributed by atoms with Crippen LogP contribution in [0.2, 0.25) is 15.1 Å². The molecule has 8 aromatic heterocycles. The van der Waals surface area contributed by atoms with E-state index in [1.54, 1.807) is 73.2 Å². The van der Waals surface area contributed by atoms with E-state index in [1.807, 2.05) is 83.0 Å². The van der Waals surface area contributed by atoms with Crippen LogP contribution in [-0.2, 0) is 42.6 Å². The first kappa shape index (κ1) is 80.8. The van der Waals surface area contributed by atoms with Gasteiger partial charge in [-0.1, -0.05) is 67.4 Å². The van der Waals surface area contributed by atoms with Gasteiger partial charge >= 0.3 is 0 Å². The van der Waals surface area contributed by atoms with E-state index in [0.29, 0.717) is 88.2 Å². The molecule has 16 rings (SSSR count). The molecule has 0 aromatic carbocycles. The van der Waals surface area contributed by atoms with E-state index < -0.39 is 0 Å². The first-order valence-electron chi connectivity index (χ1n) is 39.2. The quantitative estimate of drug-likeness (QED) is 0.0395. The number of aryl methyl sites for hydroxylation is 4. The molecule has 4 saturated carbocycles. The fourth-order valence-corrected chi connectivity index (χ4v) is 18.8. The molecule has 600 valence electrons. The molecular weight excluding hydrogens is 1500 g/mol. The number of rotatable bonds is 19. The molecule has 113 heavy (non-hydrogen) atoms. The molecule has 0 bridgehead atoms. The average molecular weight is 1600 g/mol. The summed E-state index contributed by atoms with van der Waals surface area (Å²) in [6.45, 7) is 8.58. The Balaban J connectivity index is 0.000000132. The number of halogens is 3. The summed E-state index contributed by atoms with van der Waals surface area (Å²) in [5.41, 5.74) is 4.02. The molecule has 4 aliphatic carbocycles. The summed E-state index contributed by atoms with van der Waals surface area (Å²) in [5, 5.41) is 59.1. The summed E-state index contributed by atoms with van der Waals surface area (Å²) < 4.78 is 6.85. The number of hydrogen-bond donors (Lipinski definition) is 7. The predicted molar refractivity (Wildman–Crippen MR) is 435 cm³/mol. The zero-order valence-corrected chi connectivity index (χ0v) is 67.7. The van der Waals surface area contributed by atoms with Crippen molar-refractivity contribution in [1.29, 1.82) is 10.5 Å². The molecule has 7 N–H and O–H groups in total. The SMILES string of the molecule is CCC(=O)N1CCCC2(CCC(N(C)c3nc(Nc4cnn(C)c4)ncc3Cl)C2)C1.CN(c1nc(Nc2cnn(C)c2)ncc1Cl)C1CCC2(CCCNC2)C1.Cn1cc(Nc2ncc(Cl)c(NC3CN(C(=O)CC#N)CC34CCCC4)n2)cn1.Cn1cc(Nc2nccc(NC3CN(C(=O)CC#N)CC34CCCC4)n2)cn1. The number of nitrogens with zero attached hydrogens (tertiary/aromatic N) is 23. The molecule has 3 amide bonds. The average Bonchev–Trinajstić information content (AvgIpc) is 1.66. The molecule has 36 heteroatoms. The van der Waals surface area contributed by atoms with E-state index >= 15 is 0 Å². The van der Waals surface area contributed by atoms with Gasteiger partial charge in [-0.3, -0.25) is 33.1 Å². The van der Waals surface area contributed by atoms with Gasteiger partial charge in [0, 0.05) is 148 Å². The lowest BCUT2D eigenvalue weighted by Gasteiger charge is -2.41. The number of carbonyl (C=O) groups excluding carboxylic acids is 3. The van der Waals surface area contributed by atoms with Crippen LogP contribution in [0.5, 0.6) is 0 Å². The molecule has 12 heterocycles. The number of piperidine rings is 2. The van der Waals surface area contributed by atoms with Crippen molar-refractivity contribution in [2.24, 2.45) is 49.9 Å². The summed E-state index contributed by atoms with van der Waals surface area (Å²) in [5.74, 6) is 4.82. The molecule has 8 aliphatic rings. The number of hydrogen-bond acceptors (Lipinski definition) is 26. The minimum absolute atomic E-state index is 0.00363. The topological polar surface area (TPSA) is 374 Å². The number of nitriles is 2. The molecule has 8 fully saturated rings. The number of aromatic nitrogens is 16. The van der Waals surface area contributed by atoms with Crippen LogP contribution in [0.1, 0.15) is 142 Å². The van der Waals surface area contributed by atoms with E-state index in [-0.39, 0.29) is 58.9 Å². The number of anilines is 12. The Morgan fingerprint density at radius 1 is 0.522 bits per heavy atom. The first-order chi connectivity index (χ1) is 54.5. The highest BCUT2D eigenvalue weighted by Gasteiger charge is 2.52. The number of nitrogens with one attached hydrogen (secondary N) is 7. The monoisotopic (exact) mass is 1600 g/mol. The van der Waals surface area contributed by atoms with Crippen molar-refractivity contribution in [1.82, 2.24) is 99.0 Å². The second-order valence-corrected chi connectivity index (χ2v) is 33.0. The second-order valence-electron chi connectivity index (χ2n) is 31.8. The van der Waals surface area contributed by atoms with Gasteiger partial charge in [0.2, 0.25) is 41.5 Å². The van der Waals surface area contributed by atoms with E-state index in [0.717, 1.165) is 137 Å². The highest BCUT2D eigenvalue weighted by Crippen LogP contribution is 2.51.